The molecular formula is C13H20ClN3O2. The average Bonchev–Trinajstić information content (AvgIpc) is 2.42. The van der Waals surface area contributed by atoms with Crippen molar-refractivity contribution in [3.05, 3.63) is 16.5 Å². The minimum atomic E-state index is 0.0662. The number of hydrogen-bond donors (Lipinski definition) is 1. The monoisotopic (exact) mass is 285 g/mol. The van der Waals surface area contributed by atoms with Crippen molar-refractivity contribution in [2.24, 2.45) is 0 Å². The Hall–Kier alpha value is -0.910. The van der Waals surface area contributed by atoms with Gasteiger partial charge in [-0.3, -0.25) is 0 Å². The number of aryl methyl sites for hydroxylation is 1. The highest BCUT2D eigenvalue weighted by Gasteiger charge is 2.15. The Morgan fingerprint density at radius 1 is 1.37 bits per heavy atom. The molecule has 19 heavy (non-hydrogen) atoms. The maximum absolute atomic E-state index is 6.13. The molecule has 1 aromatic heterocycles. The zero-order valence-electron chi connectivity index (χ0n) is 11.4. The number of hydrogen-bond acceptors (Lipinski definition) is 5. The van der Waals surface area contributed by atoms with E-state index in [2.05, 4.69) is 22.2 Å². The molecule has 0 aliphatic carbocycles. The van der Waals surface area contributed by atoms with Gasteiger partial charge in [0.1, 0.15) is 16.8 Å². The van der Waals surface area contributed by atoms with Crippen LogP contribution in [0, 0.1) is 6.92 Å². The highest BCUT2D eigenvalue weighted by Crippen LogP contribution is 2.20. The van der Waals surface area contributed by atoms with E-state index in [4.69, 9.17) is 21.1 Å². The third-order valence-electron chi connectivity index (χ3n) is 2.99. The van der Waals surface area contributed by atoms with Gasteiger partial charge in [-0.05, 0) is 13.3 Å². The van der Waals surface area contributed by atoms with Gasteiger partial charge in [0.2, 0.25) is 0 Å². The van der Waals surface area contributed by atoms with Gasteiger partial charge in [-0.25, -0.2) is 9.97 Å². The number of halogens is 1. The van der Waals surface area contributed by atoms with Crippen LogP contribution in [-0.4, -0.2) is 42.4 Å². The topological polar surface area (TPSA) is 56.3 Å². The molecule has 2 rings (SSSR count). The van der Waals surface area contributed by atoms with E-state index in [0.717, 1.165) is 30.0 Å². The molecule has 1 aliphatic heterocycles. The fourth-order valence-corrected chi connectivity index (χ4v) is 2.09. The van der Waals surface area contributed by atoms with Crippen LogP contribution < -0.4 is 5.32 Å². The van der Waals surface area contributed by atoms with Crippen molar-refractivity contribution in [1.29, 1.82) is 0 Å². The number of rotatable bonds is 5. The van der Waals surface area contributed by atoms with Crippen LogP contribution in [0.4, 0.5) is 5.82 Å². The molecule has 1 fully saturated rings. The van der Waals surface area contributed by atoms with Crippen molar-refractivity contribution in [2.45, 2.75) is 32.8 Å². The molecule has 0 spiro atoms. The summed E-state index contributed by atoms with van der Waals surface area (Å²) >= 11 is 6.13. The van der Waals surface area contributed by atoms with E-state index >= 15 is 0 Å². The van der Waals surface area contributed by atoms with Gasteiger partial charge in [0.05, 0.1) is 25.9 Å². The smallest absolute Gasteiger partial charge is 0.137 e. The molecule has 1 saturated heterocycles. The molecule has 1 unspecified atom stereocenters. The van der Waals surface area contributed by atoms with Gasteiger partial charge >= 0.3 is 0 Å². The molecule has 0 saturated carbocycles. The maximum Gasteiger partial charge on any atom is 0.137 e. The van der Waals surface area contributed by atoms with Crippen LogP contribution in [0.5, 0.6) is 0 Å². The Morgan fingerprint density at radius 2 is 2.21 bits per heavy atom. The molecule has 1 atom stereocenters. The first kappa shape index (κ1) is 14.5. The summed E-state index contributed by atoms with van der Waals surface area (Å²) in [6.45, 7) is 6.62. The summed E-state index contributed by atoms with van der Waals surface area (Å²) in [6, 6.07) is 0. The second kappa shape index (κ2) is 7.03. The summed E-state index contributed by atoms with van der Waals surface area (Å²) in [4.78, 5) is 8.78. The minimum absolute atomic E-state index is 0.0662. The van der Waals surface area contributed by atoms with Gasteiger partial charge in [0, 0.05) is 18.5 Å². The summed E-state index contributed by atoms with van der Waals surface area (Å²) in [6.07, 6.45) is 1.90. The summed E-state index contributed by atoms with van der Waals surface area (Å²) in [7, 11) is 0. The number of anilines is 1. The first-order valence-corrected chi connectivity index (χ1v) is 7.04. The van der Waals surface area contributed by atoms with Gasteiger partial charge in [-0.2, -0.15) is 0 Å². The lowest BCUT2D eigenvalue weighted by Gasteiger charge is -2.23. The van der Waals surface area contributed by atoms with Crippen LogP contribution in [0.2, 0.25) is 5.15 Å². The largest absolute Gasteiger partial charge is 0.376 e. The normalized spacial score (nSPS) is 19.4. The van der Waals surface area contributed by atoms with Crippen LogP contribution in [0.15, 0.2) is 0 Å². The summed E-state index contributed by atoms with van der Waals surface area (Å²) in [5.74, 6) is 1.57. The van der Waals surface area contributed by atoms with Crippen molar-refractivity contribution < 1.29 is 9.47 Å². The molecule has 5 nitrogen and oxygen atoms in total. The van der Waals surface area contributed by atoms with E-state index < -0.39 is 0 Å². The summed E-state index contributed by atoms with van der Waals surface area (Å²) in [5.41, 5.74) is 0.873. The highest BCUT2D eigenvalue weighted by atomic mass is 35.5. The standard InChI is InChI=1S/C13H20ClN3O2/c1-3-4-11-16-12(14)9(2)13(17-11)15-7-10-8-18-5-6-19-10/h10H,3-8H2,1-2H3,(H,15,16,17). The third kappa shape index (κ3) is 4.03. The van der Waals surface area contributed by atoms with Gasteiger partial charge in [-0.1, -0.05) is 18.5 Å². The van der Waals surface area contributed by atoms with E-state index in [1.165, 1.54) is 0 Å². The van der Waals surface area contributed by atoms with E-state index in [1.807, 2.05) is 6.92 Å². The molecule has 1 N–H and O–H groups in total. The molecule has 2 heterocycles. The lowest BCUT2D eigenvalue weighted by Crippen LogP contribution is -2.34. The van der Waals surface area contributed by atoms with E-state index in [0.29, 0.717) is 31.5 Å². The van der Waals surface area contributed by atoms with Crippen LogP contribution >= 0.6 is 11.6 Å². The van der Waals surface area contributed by atoms with Crippen LogP contribution in [0.1, 0.15) is 24.7 Å². The van der Waals surface area contributed by atoms with Gasteiger partial charge in [0.15, 0.2) is 0 Å². The molecule has 106 valence electrons. The van der Waals surface area contributed by atoms with Gasteiger partial charge in [-0.15, -0.1) is 0 Å². The lowest BCUT2D eigenvalue weighted by molar-refractivity contribution is -0.0819. The molecule has 1 aliphatic rings. The van der Waals surface area contributed by atoms with Gasteiger partial charge < -0.3 is 14.8 Å². The molecule has 0 radical (unpaired) electrons. The molecular weight excluding hydrogens is 266 g/mol. The van der Waals surface area contributed by atoms with Crippen molar-refractivity contribution in [3.63, 3.8) is 0 Å². The van der Waals surface area contributed by atoms with Crippen molar-refractivity contribution in [1.82, 2.24) is 9.97 Å². The Bertz CT molecular complexity index is 423. The molecule has 1 aromatic rings. The summed E-state index contributed by atoms with van der Waals surface area (Å²) in [5, 5.41) is 3.80. The van der Waals surface area contributed by atoms with Crippen molar-refractivity contribution in [3.8, 4) is 0 Å². The Morgan fingerprint density at radius 3 is 2.89 bits per heavy atom. The quantitative estimate of drug-likeness (QED) is 0.841. The predicted octanol–water partition coefficient (Wildman–Crippen LogP) is 2.22. The van der Waals surface area contributed by atoms with Crippen molar-refractivity contribution in [2.75, 3.05) is 31.7 Å². The predicted molar refractivity (Wildman–Crippen MR) is 74.8 cm³/mol. The fraction of sp³-hybridized carbons (Fsp3) is 0.692. The zero-order valence-corrected chi connectivity index (χ0v) is 12.2. The third-order valence-corrected chi connectivity index (χ3v) is 3.36. The minimum Gasteiger partial charge on any atom is -0.376 e. The second-order valence-electron chi connectivity index (χ2n) is 4.60. The Kier molecular flexibility index (Phi) is 5.36. The zero-order chi connectivity index (χ0) is 13.7. The first-order valence-electron chi connectivity index (χ1n) is 6.67. The van der Waals surface area contributed by atoms with Crippen LogP contribution in [0.3, 0.4) is 0 Å². The van der Waals surface area contributed by atoms with Crippen LogP contribution in [0.25, 0.3) is 0 Å². The summed E-state index contributed by atoms with van der Waals surface area (Å²) < 4.78 is 10.9. The SMILES string of the molecule is CCCc1nc(Cl)c(C)c(NCC2COCCO2)n1. The maximum atomic E-state index is 6.13. The highest BCUT2D eigenvalue weighted by molar-refractivity contribution is 6.30. The van der Waals surface area contributed by atoms with Crippen molar-refractivity contribution >= 4 is 17.4 Å². The van der Waals surface area contributed by atoms with Gasteiger partial charge in [0.25, 0.3) is 0 Å². The number of nitrogens with zero attached hydrogens (tertiary/aromatic N) is 2. The van der Waals surface area contributed by atoms with Crippen LogP contribution in [-0.2, 0) is 15.9 Å². The molecule has 0 bridgehead atoms. The lowest BCUT2D eigenvalue weighted by atomic mass is 10.2. The molecule has 0 aromatic carbocycles. The second-order valence-corrected chi connectivity index (χ2v) is 4.96. The Balaban J connectivity index is 2.01. The first-order chi connectivity index (χ1) is 9.20. The van der Waals surface area contributed by atoms with E-state index in [1.54, 1.807) is 0 Å². The number of ether oxygens (including phenoxy) is 2. The average molecular weight is 286 g/mol. The molecule has 6 heteroatoms. The molecule has 0 amide bonds. The fourth-order valence-electron chi connectivity index (χ4n) is 1.91. The number of nitrogens with one attached hydrogen (secondary N) is 1. The Labute approximate surface area is 118 Å². The van der Waals surface area contributed by atoms with E-state index in [-0.39, 0.29) is 6.10 Å². The van der Waals surface area contributed by atoms with E-state index in [9.17, 15) is 0 Å². The number of aromatic nitrogens is 2.